The molecule has 29 heavy (non-hydrogen) atoms. The van der Waals surface area contributed by atoms with Gasteiger partial charge in [-0.1, -0.05) is 0 Å². The molecule has 22 heteroatoms. The molecule has 1 N–H and O–H groups in total. The molecule has 0 amide bonds. The van der Waals surface area contributed by atoms with Crippen LogP contribution < -0.4 is 51.4 Å². The Balaban J connectivity index is -0.00000364. The molecule has 0 fully saturated rings. The van der Waals surface area contributed by atoms with Crippen LogP contribution in [-0.4, -0.2) is 54.8 Å². The smallest absolute Gasteiger partial charge is 1.00 e. The Morgan fingerprint density at radius 3 is 1.17 bits per heavy atom. The van der Waals surface area contributed by atoms with E-state index in [1.165, 1.54) is 9.47 Å². The van der Waals surface area contributed by atoms with Crippen molar-refractivity contribution in [1.29, 1.82) is 0 Å². The molecule has 1 atom stereocenters. The van der Waals surface area contributed by atoms with E-state index >= 15 is 0 Å². The van der Waals surface area contributed by atoms with Crippen LogP contribution in [0, 0.1) is 0 Å². The van der Waals surface area contributed by atoms with Crippen molar-refractivity contribution in [3.05, 3.63) is 0 Å². The first-order chi connectivity index (χ1) is 11.7. The number of halogens is 15. The second-order valence-corrected chi connectivity index (χ2v) is 5.80. The van der Waals surface area contributed by atoms with Crippen LogP contribution in [0.3, 0.4) is 0 Å². The fraction of sp³-hybridized carbons (Fsp3) is 1.00. The van der Waals surface area contributed by atoms with Gasteiger partial charge in [0, 0.05) is 0 Å². The van der Waals surface area contributed by atoms with Crippen LogP contribution >= 0.6 is 0 Å². The average Bonchev–Trinajstić information content (AvgIpc) is 2.31. The van der Waals surface area contributed by atoms with Crippen molar-refractivity contribution in [3.63, 3.8) is 0 Å². The zero-order valence-corrected chi connectivity index (χ0v) is 16.6. The minimum Gasteiger partial charge on any atom is -1.00 e. The van der Waals surface area contributed by atoms with Crippen LogP contribution in [0.25, 0.3) is 0 Å². The first-order valence-corrected chi connectivity index (χ1v) is 6.81. The molecule has 0 aromatic rings. The van der Waals surface area contributed by atoms with E-state index in [9.17, 15) is 74.3 Å². The average molecular weight is 522 g/mol. The number of rotatable bonds is 7. The molecule has 0 saturated carbocycles. The maximum Gasteiger partial charge on any atom is 1.00 e. The first kappa shape index (κ1) is 31.6. The van der Waals surface area contributed by atoms with Crippen LogP contribution in [0.1, 0.15) is 1.43 Å². The van der Waals surface area contributed by atoms with Gasteiger partial charge in [0.1, 0.15) is 0 Å². The Kier molecular flexibility index (Phi) is 9.16. The van der Waals surface area contributed by atoms with Gasteiger partial charge in [0.2, 0.25) is 0 Å². The minimum atomic E-state index is -7.92. The second-order valence-electron chi connectivity index (χ2n) is 4.34. The third-order valence-corrected chi connectivity index (χ3v) is 3.14. The molecular formula is C7H2F15KO5S. The summed E-state index contributed by atoms with van der Waals surface area (Å²) in [5.74, 6) is -7.92. The Bertz CT molecular complexity index is 690. The van der Waals surface area contributed by atoms with E-state index in [0.29, 0.717) is 0 Å². The van der Waals surface area contributed by atoms with Crippen molar-refractivity contribution in [2.75, 3.05) is 0 Å². The van der Waals surface area contributed by atoms with Crippen LogP contribution in [0.5, 0.6) is 0 Å². The maximum atomic E-state index is 13.4. The molecule has 0 aliphatic rings. The van der Waals surface area contributed by atoms with Gasteiger partial charge >= 0.3 is 103 Å². The van der Waals surface area contributed by atoms with E-state index in [2.05, 4.69) is 0 Å². The standard InChI is InChI=1S/C7HF15O5S.K.H/c8-1(2(9,10)11,4(15,16)27-5(17,18)3(12,13)14)26-6(19,20)7(21,22)28(23,24)25;;/h(H,23,24,25);;/q;+1;-1. The summed E-state index contributed by atoms with van der Waals surface area (Å²) in [7, 11) is -7.54. The third-order valence-electron chi connectivity index (χ3n) is 2.26. The van der Waals surface area contributed by atoms with Gasteiger partial charge in [-0.15, -0.1) is 0 Å². The summed E-state index contributed by atoms with van der Waals surface area (Å²) in [5, 5.41) is -7.33. The SMILES string of the molecule is O=S(=O)(O)C(F)(F)C(F)(F)OC(F)(C(F)(F)F)C(F)(F)OC(F)(F)C(F)(F)F.[H-].[K+]. The first-order valence-electron chi connectivity index (χ1n) is 5.37. The molecule has 5 nitrogen and oxygen atoms in total. The molecule has 172 valence electrons. The van der Waals surface area contributed by atoms with Gasteiger partial charge in [0.25, 0.3) is 0 Å². The predicted octanol–water partition coefficient (Wildman–Crippen LogP) is 1.19. The molecule has 0 aromatic carbocycles. The van der Waals surface area contributed by atoms with Gasteiger partial charge in [0.05, 0.1) is 0 Å². The van der Waals surface area contributed by atoms with Gasteiger partial charge in [-0.3, -0.25) is 9.29 Å². The van der Waals surface area contributed by atoms with Crippen molar-refractivity contribution in [2.45, 2.75) is 41.8 Å². The fourth-order valence-electron chi connectivity index (χ4n) is 0.953. The van der Waals surface area contributed by atoms with Crippen LogP contribution in [0.15, 0.2) is 0 Å². The number of ether oxygens (including phenoxy) is 2. The molecule has 0 aromatic heterocycles. The van der Waals surface area contributed by atoms with Gasteiger partial charge in [-0.05, 0) is 0 Å². The van der Waals surface area contributed by atoms with Crippen molar-refractivity contribution in [2.24, 2.45) is 0 Å². The summed E-state index contributed by atoms with van der Waals surface area (Å²) in [6, 6.07) is 0. The second kappa shape index (κ2) is 8.40. The number of hydrogen-bond acceptors (Lipinski definition) is 4. The van der Waals surface area contributed by atoms with Crippen LogP contribution in [-0.2, 0) is 19.6 Å². The Hall–Kier alpha value is 0.416. The molecule has 0 spiro atoms. The normalized spacial score (nSPS) is 17.5. The van der Waals surface area contributed by atoms with Crippen molar-refractivity contribution < 1.29 is 141 Å². The summed E-state index contributed by atoms with van der Waals surface area (Å²) in [6.45, 7) is 0. The van der Waals surface area contributed by atoms with Gasteiger partial charge in [-0.2, -0.15) is 74.3 Å². The number of alkyl halides is 15. The minimum absolute atomic E-state index is 0. The third kappa shape index (κ3) is 6.02. The van der Waals surface area contributed by atoms with Crippen molar-refractivity contribution >= 4 is 10.1 Å². The predicted molar refractivity (Wildman–Crippen MR) is 50.6 cm³/mol. The fourth-order valence-corrected chi connectivity index (χ4v) is 1.29. The molecular weight excluding hydrogens is 520 g/mol. The largest absolute Gasteiger partial charge is 1.00 e. The quantitative estimate of drug-likeness (QED) is 0.309. The molecule has 0 saturated heterocycles. The Morgan fingerprint density at radius 1 is 0.586 bits per heavy atom. The summed E-state index contributed by atoms with van der Waals surface area (Å²) >= 11 is 0. The Morgan fingerprint density at radius 2 is 0.931 bits per heavy atom. The summed E-state index contributed by atoms with van der Waals surface area (Å²) < 4.78 is 217. The maximum absolute atomic E-state index is 13.4. The molecule has 0 rings (SSSR count). The van der Waals surface area contributed by atoms with E-state index in [0.717, 1.165) is 0 Å². The summed E-state index contributed by atoms with van der Waals surface area (Å²) in [5.41, 5.74) is 0. The van der Waals surface area contributed by atoms with E-state index in [1.54, 1.807) is 0 Å². The number of hydrogen-bond donors (Lipinski definition) is 1. The van der Waals surface area contributed by atoms with E-state index in [-0.39, 0.29) is 52.8 Å². The van der Waals surface area contributed by atoms with E-state index in [1.807, 2.05) is 0 Å². The molecule has 0 bridgehead atoms. The van der Waals surface area contributed by atoms with Crippen LogP contribution in [0.2, 0.25) is 0 Å². The zero-order chi connectivity index (χ0) is 23.4. The van der Waals surface area contributed by atoms with Crippen molar-refractivity contribution in [1.82, 2.24) is 0 Å². The summed E-state index contributed by atoms with van der Waals surface area (Å²) in [6.07, 6.45) is -38.0. The van der Waals surface area contributed by atoms with Gasteiger partial charge < -0.3 is 1.43 Å². The van der Waals surface area contributed by atoms with Gasteiger partial charge in [-0.25, -0.2) is 4.74 Å². The molecule has 0 heterocycles. The molecule has 1 unspecified atom stereocenters. The summed E-state index contributed by atoms with van der Waals surface area (Å²) in [4.78, 5) is 0. The van der Waals surface area contributed by atoms with E-state index in [4.69, 9.17) is 4.55 Å². The molecule has 0 aliphatic heterocycles. The van der Waals surface area contributed by atoms with Gasteiger partial charge in [0.15, 0.2) is 0 Å². The topological polar surface area (TPSA) is 72.8 Å². The van der Waals surface area contributed by atoms with Crippen molar-refractivity contribution in [3.8, 4) is 0 Å². The zero-order valence-electron chi connectivity index (χ0n) is 13.7. The molecule has 0 aliphatic carbocycles. The van der Waals surface area contributed by atoms with Crippen LogP contribution in [0.4, 0.5) is 65.9 Å². The van der Waals surface area contributed by atoms with E-state index < -0.39 is 51.9 Å². The molecule has 0 radical (unpaired) electrons. The Labute approximate surface area is 192 Å². The monoisotopic (exact) mass is 522 g/mol.